The highest BCUT2D eigenvalue weighted by atomic mass is 19.1. The van der Waals surface area contributed by atoms with Crippen molar-refractivity contribution in [1.82, 2.24) is 4.90 Å². The number of ether oxygens (including phenoxy) is 1. The van der Waals surface area contributed by atoms with Gasteiger partial charge in [0, 0.05) is 25.6 Å². The Morgan fingerprint density at radius 3 is 2.65 bits per heavy atom. The van der Waals surface area contributed by atoms with Crippen LogP contribution in [0, 0.1) is 11.7 Å². The van der Waals surface area contributed by atoms with E-state index in [1.54, 1.807) is 18.2 Å². The lowest BCUT2D eigenvalue weighted by atomic mass is 9.98. The maximum absolute atomic E-state index is 13.7. The zero-order valence-corrected chi connectivity index (χ0v) is 11.7. The second kappa shape index (κ2) is 5.62. The molecule has 0 amide bonds. The van der Waals surface area contributed by atoms with E-state index in [1.165, 1.54) is 6.07 Å². The molecule has 3 atom stereocenters. The van der Waals surface area contributed by atoms with Gasteiger partial charge in [0.25, 0.3) is 0 Å². The number of likely N-dealkylation sites (tertiary alicyclic amines) is 1. The average molecular weight is 277 g/mol. The molecule has 0 N–H and O–H groups in total. The lowest BCUT2D eigenvalue weighted by Gasteiger charge is -2.33. The molecule has 4 heteroatoms. The standard InChI is InChI=1S/C16H20FNO2/c1-11(16(19)14-4-2-3-5-15(14)17)8-18-9-12-6-7-13(10-18)20-12/h2-5,11-13H,6-10H2,1H3. The zero-order valence-electron chi connectivity index (χ0n) is 11.7. The molecule has 1 aromatic carbocycles. The van der Waals surface area contributed by atoms with Crippen molar-refractivity contribution >= 4 is 5.78 Å². The SMILES string of the molecule is CC(CN1CC2CCC(C1)O2)C(=O)c1ccccc1F. The van der Waals surface area contributed by atoms with Gasteiger partial charge < -0.3 is 4.74 Å². The lowest BCUT2D eigenvalue weighted by Crippen LogP contribution is -2.45. The fourth-order valence-electron chi connectivity index (χ4n) is 3.24. The third-order valence-electron chi connectivity index (χ3n) is 4.24. The van der Waals surface area contributed by atoms with Gasteiger partial charge in [0.2, 0.25) is 0 Å². The summed E-state index contributed by atoms with van der Waals surface area (Å²) in [5.74, 6) is -0.724. The van der Waals surface area contributed by atoms with Gasteiger partial charge in [0.1, 0.15) is 5.82 Å². The Bertz CT molecular complexity index is 493. The number of benzene rings is 1. The number of fused-ring (bicyclic) bond motifs is 2. The quantitative estimate of drug-likeness (QED) is 0.792. The number of ketones is 1. The number of carbonyl (C=O) groups excluding carboxylic acids is 1. The van der Waals surface area contributed by atoms with Crippen LogP contribution in [0.2, 0.25) is 0 Å². The van der Waals surface area contributed by atoms with Crippen LogP contribution in [-0.4, -0.2) is 42.5 Å². The molecule has 0 saturated carbocycles. The van der Waals surface area contributed by atoms with E-state index in [-0.39, 0.29) is 17.3 Å². The Morgan fingerprint density at radius 2 is 2.00 bits per heavy atom. The van der Waals surface area contributed by atoms with E-state index in [0.717, 1.165) is 25.9 Å². The van der Waals surface area contributed by atoms with Gasteiger partial charge >= 0.3 is 0 Å². The van der Waals surface area contributed by atoms with Crippen molar-refractivity contribution in [3.8, 4) is 0 Å². The molecule has 0 spiro atoms. The Hall–Kier alpha value is -1.26. The number of halogens is 1. The molecule has 20 heavy (non-hydrogen) atoms. The van der Waals surface area contributed by atoms with Gasteiger partial charge in [-0.05, 0) is 25.0 Å². The van der Waals surface area contributed by atoms with Crippen molar-refractivity contribution in [1.29, 1.82) is 0 Å². The number of rotatable bonds is 4. The molecule has 2 aliphatic heterocycles. The van der Waals surface area contributed by atoms with Crippen LogP contribution in [0.25, 0.3) is 0 Å². The Balaban J connectivity index is 1.63. The highest BCUT2D eigenvalue weighted by Crippen LogP contribution is 2.27. The van der Waals surface area contributed by atoms with Crippen molar-refractivity contribution < 1.29 is 13.9 Å². The molecule has 3 rings (SSSR count). The van der Waals surface area contributed by atoms with Crippen LogP contribution in [0.1, 0.15) is 30.1 Å². The number of morpholine rings is 1. The summed E-state index contributed by atoms with van der Waals surface area (Å²) >= 11 is 0. The van der Waals surface area contributed by atoms with Crippen molar-refractivity contribution in [2.45, 2.75) is 32.0 Å². The van der Waals surface area contributed by atoms with E-state index in [1.807, 2.05) is 6.92 Å². The number of hydrogen-bond donors (Lipinski definition) is 0. The Morgan fingerprint density at radius 1 is 1.35 bits per heavy atom. The first-order valence-electron chi connectivity index (χ1n) is 7.30. The first-order chi connectivity index (χ1) is 9.63. The molecule has 0 radical (unpaired) electrons. The van der Waals surface area contributed by atoms with Gasteiger partial charge in [0.15, 0.2) is 5.78 Å². The third-order valence-corrected chi connectivity index (χ3v) is 4.24. The van der Waals surface area contributed by atoms with Gasteiger partial charge in [-0.15, -0.1) is 0 Å². The number of Topliss-reactive ketones (excluding diaryl/α,β-unsaturated/α-hetero) is 1. The largest absolute Gasteiger partial charge is 0.372 e. The molecule has 2 saturated heterocycles. The predicted molar refractivity (Wildman–Crippen MR) is 74.2 cm³/mol. The van der Waals surface area contributed by atoms with Crippen molar-refractivity contribution in [3.63, 3.8) is 0 Å². The molecular weight excluding hydrogens is 257 g/mol. The minimum atomic E-state index is -0.425. The Kier molecular flexibility index (Phi) is 3.85. The molecule has 3 nitrogen and oxygen atoms in total. The van der Waals surface area contributed by atoms with Crippen LogP contribution in [0.15, 0.2) is 24.3 Å². The molecule has 3 unspecified atom stereocenters. The fraction of sp³-hybridized carbons (Fsp3) is 0.562. The first-order valence-corrected chi connectivity index (χ1v) is 7.30. The molecule has 2 bridgehead atoms. The molecule has 2 fully saturated rings. The van der Waals surface area contributed by atoms with Crippen LogP contribution in [-0.2, 0) is 4.74 Å². The van der Waals surface area contributed by atoms with E-state index >= 15 is 0 Å². The van der Waals surface area contributed by atoms with Gasteiger partial charge in [-0.2, -0.15) is 0 Å². The molecule has 108 valence electrons. The summed E-state index contributed by atoms with van der Waals surface area (Å²) in [5.41, 5.74) is 0.205. The zero-order chi connectivity index (χ0) is 14.1. The summed E-state index contributed by atoms with van der Waals surface area (Å²) in [6.07, 6.45) is 2.89. The topological polar surface area (TPSA) is 29.5 Å². The Labute approximate surface area is 118 Å². The van der Waals surface area contributed by atoms with Gasteiger partial charge in [-0.1, -0.05) is 19.1 Å². The minimum absolute atomic E-state index is 0.109. The number of hydrogen-bond acceptors (Lipinski definition) is 3. The minimum Gasteiger partial charge on any atom is -0.372 e. The fourth-order valence-corrected chi connectivity index (χ4v) is 3.24. The normalized spacial score (nSPS) is 27.5. The second-order valence-electron chi connectivity index (χ2n) is 5.92. The monoisotopic (exact) mass is 277 g/mol. The maximum atomic E-state index is 13.7. The molecule has 2 heterocycles. The van der Waals surface area contributed by atoms with E-state index in [9.17, 15) is 9.18 Å². The van der Waals surface area contributed by atoms with Crippen molar-refractivity contribution in [3.05, 3.63) is 35.6 Å². The van der Waals surface area contributed by atoms with Crippen molar-refractivity contribution in [2.24, 2.45) is 5.92 Å². The second-order valence-corrected chi connectivity index (χ2v) is 5.92. The van der Waals surface area contributed by atoms with Crippen LogP contribution < -0.4 is 0 Å². The van der Waals surface area contributed by atoms with Crippen molar-refractivity contribution in [2.75, 3.05) is 19.6 Å². The highest BCUT2D eigenvalue weighted by Gasteiger charge is 2.34. The summed E-state index contributed by atoms with van der Waals surface area (Å²) in [6, 6.07) is 6.22. The molecule has 2 aliphatic rings. The summed E-state index contributed by atoms with van der Waals surface area (Å²) in [6.45, 7) is 4.35. The molecule has 0 aromatic heterocycles. The van der Waals surface area contributed by atoms with E-state index in [0.29, 0.717) is 18.8 Å². The maximum Gasteiger partial charge on any atom is 0.169 e. The number of carbonyl (C=O) groups is 1. The van der Waals surface area contributed by atoms with Gasteiger partial charge in [-0.3, -0.25) is 9.69 Å². The third kappa shape index (κ3) is 2.76. The summed E-state index contributed by atoms with van der Waals surface area (Å²) in [4.78, 5) is 14.6. The molecule has 1 aromatic rings. The van der Waals surface area contributed by atoms with Crippen LogP contribution in [0.5, 0.6) is 0 Å². The number of nitrogens with zero attached hydrogens (tertiary/aromatic N) is 1. The average Bonchev–Trinajstić information content (AvgIpc) is 2.77. The van der Waals surface area contributed by atoms with E-state index in [2.05, 4.69) is 4.90 Å². The molecular formula is C16H20FNO2. The first kappa shape index (κ1) is 13.7. The van der Waals surface area contributed by atoms with Gasteiger partial charge in [-0.25, -0.2) is 4.39 Å². The van der Waals surface area contributed by atoms with Crippen LogP contribution in [0.4, 0.5) is 4.39 Å². The van der Waals surface area contributed by atoms with Gasteiger partial charge in [0.05, 0.1) is 17.8 Å². The van der Waals surface area contributed by atoms with E-state index in [4.69, 9.17) is 4.74 Å². The highest BCUT2D eigenvalue weighted by molar-refractivity contribution is 5.98. The summed E-state index contributed by atoms with van der Waals surface area (Å²) in [5, 5.41) is 0. The smallest absolute Gasteiger partial charge is 0.169 e. The van der Waals surface area contributed by atoms with Crippen LogP contribution >= 0.6 is 0 Å². The molecule has 0 aliphatic carbocycles. The van der Waals surface area contributed by atoms with E-state index < -0.39 is 5.82 Å². The predicted octanol–water partition coefficient (Wildman–Crippen LogP) is 2.51. The van der Waals surface area contributed by atoms with Crippen LogP contribution in [0.3, 0.4) is 0 Å². The summed E-state index contributed by atoms with van der Waals surface area (Å²) in [7, 11) is 0. The lowest BCUT2D eigenvalue weighted by molar-refractivity contribution is -0.0409. The summed E-state index contributed by atoms with van der Waals surface area (Å²) < 4.78 is 19.4.